The zero-order valence-electron chi connectivity index (χ0n) is 9.78. The lowest BCUT2D eigenvalue weighted by Crippen LogP contribution is -2.09. The molecule has 1 rings (SSSR count). The molecule has 1 aromatic carbocycles. The molecule has 0 radical (unpaired) electrons. The molecule has 0 aliphatic rings. The van der Waals surface area contributed by atoms with E-state index in [4.69, 9.17) is 0 Å². The maximum atomic E-state index is 3.19. The largest absolute Gasteiger partial charge is 0.320 e. The fourth-order valence-corrected chi connectivity index (χ4v) is 2.05. The molecule has 0 atom stereocenters. The van der Waals surface area contributed by atoms with Crippen LogP contribution in [-0.4, -0.2) is 13.6 Å². The van der Waals surface area contributed by atoms with Crippen LogP contribution in [0.5, 0.6) is 0 Å². The molecule has 0 heterocycles. The van der Waals surface area contributed by atoms with E-state index in [2.05, 4.69) is 38.2 Å². The van der Waals surface area contributed by atoms with Crippen molar-refractivity contribution in [2.24, 2.45) is 0 Å². The molecule has 1 N–H and O–H groups in total. The molecule has 1 aromatic rings. The van der Waals surface area contributed by atoms with Crippen LogP contribution in [0, 0.1) is 20.8 Å². The normalized spacial score (nSPS) is 10.6. The van der Waals surface area contributed by atoms with Crippen molar-refractivity contribution in [2.75, 3.05) is 13.6 Å². The summed E-state index contributed by atoms with van der Waals surface area (Å²) < 4.78 is 0. The summed E-state index contributed by atoms with van der Waals surface area (Å²) in [5, 5.41) is 3.19. The van der Waals surface area contributed by atoms with Gasteiger partial charge >= 0.3 is 0 Å². The third-order valence-corrected chi connectivity index (χ3v) is 2.69. The lowest BCUT2D eigenvalue weighted by Gasteiger charge is -2.10. The van der Waals surface area contributed by atoms with Crippen molar-refractivity contribution in [1.29, 1.82) is 0 Å². The molecule has 0 fully saturated rings. The molecule has 0 bridgehead atoms. The fraction of sp³-hybridized carbons (Fsp3) is 0.538. The van der Waals surface area contributed by atoms with Gasteiger partial charge in [0.05, 0.1) is 0 Å². The van der Waals surface area contributed by atoms with Crippen LogP contribution in [0.3, 0.4) is 0 Å². The van der Waals surface area contributed by atoms with Crippen molar-refractivity contribution in [3.8, 4) is 0 Å². The third-order valence-electron chi connectivity index (χ3n) is 2.69. The third kappa shape index (κ3) is 2.85. The SMILES string of the molecule is CNCCCc1c(C)cc(C)cc1C. The summed E-state index contributed by atoms with van der Waals surface area (Å²) in [5.41, 5.74) is 5.79. The highest BCUT2D eigenvalue weighted by molar-refractivity contribution is 5.37. The minimum absolute atomic E-state index is 1.10. The minimum Gasteiger partial charge on any atom is -0.320 e. The second-order valence-electron chi connectivity index (χ2n) is 4.08. The van der Waals surface area contributed by atoms with Gasteiger partial charge in [-0.25, -0.2) is 0 Å². The van der Waals surface area contributed by atoms with Gasteiger partial charge in [0.2, 0.25) is 0 Å². The van der Waals surface area contributed by atoms with E-state index in [9.17, 15) is 0 Å². The monoisotopic (exact) mass is 191 g/mol. The van der Waals surface area contributed by atoms with Gasteiger partial charge < -0.3 is 5.32 Å². The molecule has 1 nitrogen and oxygen atoms in total. The van der Waals surface area contributed by atoms with Gasteiger partial charge in [0.1, 0.15) is 0 Å². The van der Waals surface area contributed by atoms with Gasteiger partial charge in [0.25, 0.3) is 0 Å². The van der Waals surface area contributed by atoms with Gasteiger partial charge in [-0.2, -0.15) is 0 Å². The first kappa shape index (κ1) is 11.3. The van der Waals surface area contributed by atoms with Crippen molar-refractivity contribution in [1.82, 2.24) is 5.32 Å². The number of benzene rings is 1. The lowest BCUT2D eigenvalue weighted by molar-refractivity contribution is 0.721. The van der Waals surface area contributed by atoms with Crippen LogP contribution in [0.25, 0.3) is 0 Å². The zero-order valence-corrected chi connectivity index (χ0v) is 9.78. The molecular weight excluding hydrogens is 170 g/mol. The van der Waals surface area contributed by atoms with E-state index < -0.39 is 0 Å². The summed E-state index contributed by atoms with van der Waals surface area (Å²) in [7, 11) is 2.01. The topological polar surface area (TPSA) is 12.0 Å². The molecule has 0 amide bonds. The Balaban J connectivity index is 2.75. The Morgan fingerprint density at radius 2 is 1.64 bits per heavy atom. The highest BCUT2D eigenvalue weighted by Crippen LogP contribution is 2.17. The van der Waals surface area contributed by atoms with Gasteiger partial charge in [-0.1, -0.05) is 17.7 Å². The number of aryl methyl sites for hydroxylation is 3. The quantitative estimate of drug-likeness (QED) is 0.722. The van der Waals surface area contributed by atoms with Crippen LogP contribution in [0.1, 0.15) is 28.7 Å². The van der Waals surface area contributed by atoms with Crippen molar-refractivity contribution in [2.45, 2.75) is 33.6 Å². The number of rotatable bonds is 4. The van der Waals surface area contributed by atoms with Crippen molar-refractivity contribution < 1.29 is 0 Å². The summed E-state index contributed by atoms with van der Waals surface area (Å²) in [4.78, 5) is 0. The van der Waals surface area contributed by atoms with Gasteiger partial charge in [-0.05, 0) is 63.9 Å². The predicted molar refractivity (Wildman–Crippen MR) is 62.9 cm³/mol. The van der Waals surface area contributed by atoms with Crippen molar-refractivity contribution in [3.05, 3.63) is 34.4 Å². The summed E-state index contributed by atoms with van der Waals surface area (Å²) in [5.74, 6) is 0. The van der Waals surface area contributed by atoms with Crippen LogP contribution in [0.15, 0.2) is 12.1 Å². The summed E-state index contributed by atoms with van der Waals surface area (Å²) >= 11 is 0. The van der Waals surface area contributed by atoms with Crippen molar-refractivity contribution >= 4 is 0 Å². The van der Waals surface area contributed by atoms with E-state index in [1.807, 2.05) is 7.05 Å². The molecule has 14 heavy (non-hydrogen) atoms. The van der Waals surface area contributed by atoms with E-state index in [-0.39, 0.29) is 0 Å². The molecular formula is C13H21N. The molecule has 0 aliphatic heterocycles. The van der Waals surface area contributed by atoms with E-state index >= 15 is 0 Å². The second-order valence-corrected chi connectivity index (χ2v) is 4.08. The second kappa shape index (κ2) is 5.16. The first-order valence-corrected chi connectivity index (χ1v) is 5.36. The Labute approximate surface area is 87.5 Å². The van der Waals surface area contributed by atoms with Crippen LogP contribution in [0.4, 0.5) is 0 Å². The highest BCUT2D eigenvalue weighted by Gasteiger charge is 2.02. The van der Waals surface area contributed by atoms with Gasteiger partial charge in [0, 0.05) is 0 Å². The van der Waals surface area contributed by atoms with Gasteiger partial charge in [0.15, 0.2) is 0 Å². The molecule has 0 spiro atoms. The Kier molecular flexibility index (Phi) is 4.15. The smallest absolute Gasteiger partial charge is 0.00488 e. The molecule has 0 unspecified atom stereocenters. The molecule has 0 aromatic heterocycles. The zero-order chi connectivity index (χ0) is 10.6. The summed E-state index contributed by atoms with van der Waals surface area (Å²) in [6, 6.07) is 4.56. The standard InChI is InChI=1S/C13H21N/c1-10-8-11(2)13(12(3)9-10)6-5-7-14-4/h8-9,14H,5-7H2,1-4H3. The van der Waals surface area contributed by atoms with Crippen LogP contribution in [-0.2, 0) is 6.42 Å². The minimum atomic E-state index is 1.10. The van der Waals surface area contributed by atoms with E-state index in [0.29, 0.717) is 0 Å². The van der Waals surface area contributed by atoms with Crippen LogP contribution in [0.2, 0.25) is 0 Å². The number of hydrogen-bond donors (Lipinski definition) is 1. The molecule has 0 aliphatic carbocycles. The average molecular weight is 191 g/mol. The van der Waals surface area contributed by atoms with Crippen LogP contribution >= 0.6 is 0 Å². The van der Waals surface area contributed by atoms with E-state index in [0.717, 1.165) is 6.54 Å². The first-order valence-electron chi connectivity index (χ1n) is 5.36. The molecule has 0 saturated carbocycles. The van der Waals surface area contributed by atoms with Gasteiger partial charge in [-0.15, -0.1) is 0 Å². The summed E-state index contributed by atoms with van der Waals surface area (Å²) in [6.45, 7) is 7.70. The Morgan fingerprint density at radius 3 is 2.14 bits per heavy atom. The van der Waals surface area contributed by atoms with E-state index in [1.165, 1.54) is 35.1 Å². The highest BCUT2D eigenvalue weighted by atomic mass is 14.8. The Bertz CT molecular complexity index is 279. The Morgan fingerprint density at radius 1 is 1.07 bits per heavy atom. The lowest BCUT2D eigenvalue weighted by atomic mass is 9.96. The Hall–Kier alpha value is -0.820. The molecule has 1 heteroatoms. The average Bonchev–Trinajstić information content (AvgIpc) is 2.09. The van der Waals surface area contributed by atoms with Gasteiger partial charge in [-0.3, -0.25) is 0 Å². The summed E-state index contributed by atoms with van der Waals surface area (Å²) in [6.07, 6.45) is 2.42. The van der Waals surface area contributed by atoms with E-state index in [1.54, 1.807) is 0 Å². The first-order chi connectivity index (χ1) is 6.65. The fourth-order valence-electron chi connectivity index (χ4n) is 2.05. The maximum Gasteiger partial charge on any atom is -0.00488 e. The number of hydrogen-bond acceptors (Lipinski definition) is 1. The van der Waals surface area contributed by atoms with Crippen LogP contribution < -0.4 is 5.32 Å². The molecule has 78 valence electrons. The maximum absolute atomic E-state index is 3.19. The molecule has 0 saturated heterocycles. The number of nitrogens with one attached hydrogen (secondary N) is 1. The van der Waals surface area contributed by atoms with Crippen molar-refractivity contribution in [3.63, 3.8) is 0 Å². The predicted octanol–water partition coefficient (Wildman–Crippen LogP) is 2.76.